The molecule has 1 saturated heterocycles. The Morgan fingerprint density at radius 3 is 2.44 bits per heavy atom. The summed E-state index contributed by atoms with van der Waals surface area (Å²) in [4.78, 5) is 4.80. The van der Waals surface area contributed by atoms with E-state index in [1.165, 1.54) is 4.31 Å². The van der Waals surface area contributed by atoms with Crippen LogP contribution in [0.5, 0.6) is 0 Å². The molecule has 0 unspecified atom stereocenters. The molecule has 8 heteroatoms. The molecule has 0 aromatic carbocycles. The molecule has 0 saturated carbocycles. The fourth-order valence-corrected chi connectivity index (χ4v) is 5.29. The van der Waals surface area contributed by atoms with Crippen molar-refractivity contribution in [1.82, 2.24) is 23.4 Å². The molecule has 0 N–H and O–H groups in total. The molecule has 0 amide bonds. The highest BCUT2D eigenvalue weighted by atomic mass is 32.2. The van der Waals surface area contributed by atoms with Gasteiger partial charge in [-0.2, -0.15) is 22.1 Å². The van der Waals surface area contributed by atoms with Crippen molar-refractivity contribution in [2.45, 2.75) is 39.5 Å². The van der Waals surface area contributed by atoms with Gasteiger partial charge >= 0.3 is 0 Å². The van der Waals surface area contributed by atoms with Crippen molar-refractivity contribution in [2.75, 3.05) is 26.2 Å². The third-order valence-corrected chi connectivity index (χ3v) is 7.31. The second kappa shape index (κ2) is 7.01. The van der Waals surface area contributed by atoms with E-state index in [1.807, 2.05) is 32.5 Å². The molecule has 1 aliphatic heterocycles. The van der Waals surface area contributed by atoms with E-state index in [0.29, 0.717) is 32.1 Å². The predicted molar refractivity (Wildman–Crippen MR) is 98.6 cm³/mol. The van der Waals surface area contributed by atoms with Crippen LogP contribution in [0.2, 0.25) is 0 Å². The topological polar surface area (TPSA) is 71.3 Å². The van der Waals surface area contributed by atoms with Crippen molar-refractivity contribution < 1.29 is 8.42 Å². The minimum Gasteiger partial charge on any atom is -0.250 e. The Morgan fingerprint density at radius 2 is 1.84 bits per heavy atom. The van der Waals surface area contributed by atoms with Crippen molar-refractivity contribution in [3.8, 4) is 0 Å². The van der Waals surface area contributed by atoms with Crippen molar-refractivity contribution in [2.24, 2.45) is 7.05 Å². The molecule has 1 fully saturated rings. The molecule has 7 nitrogen and oxygen atoms in total. The highest BCUT2D eigenvalue weighted by Gasteiger charge is 2.32. The molecule has 138 valence electrons. The third-order valence-electron chi connectivity index (χ3n) is 5.12. The van der Waals surface area contributed by atoms with Crippen molar-refractivity contribution in [1.29, 1.82) is 0 Å². The van der Waals surface area contributed by atoms with Gasteiger partial charge in [-0.05, 0) is 31.9 Å². The third kappa shape index (κ3) is 3.30. The van der Waals surface area contributed by atoms with Gasteiger partial charge in [-0.3, -0.25) is 4.68 Å². The highest BCUT2D eigenvalue weighted by Crippen LogP contribution is 2.30. The smallest absolute Gasteiger partial charge is 0.250 e. The molecule has 25 heavy (non-hydrogen) atoms. The first kappa shape index (κ1) is 18.3. The Hall–Kier alpha value is -1.51. The fourth-order valence-electron chi connectivity index (χ4n) is 3.64. The number of hydrogen-bond donors (Lipinski definition) is 0. The number of piperidine rings is 1. The molecule has 0 spiro atoms. The van der Waals surface area contributed by atoms with Gasteiger partial charge in [0.2, 0.25) is 0 Å². The Labute approximate surface area is 149 Å². The van der Waals surface area contributed by atoms with Gasteiger partial charge < -0.3 is 0 Å². The van der Waals surface area contributed by atoms with E-state index in [0.717, 1.165) is 35.3 Å². The van der Waals surface area contributed by atoms with Crippen LogP contribution in [0.1, 0.15) is 44.0 Å². The van der Waals surface area contributed by atoms with Crippen LogP contribution >= 0.6 is 0 Å². The summed E-state index contributed by atoms with van der Waals surface area (Å²) in [5, 5.41) is 5.50. The van der Waals surface area contributed by atoms with Crippen LogP contribution in [-0.2, 0) is 17.3 Å². The average molecular weight is 366 g/mol. The zero-order chi connectivity index (χ0) is 18.2. The zero-order valence-electron chi connectivity index (χ0n) is 15.4. The minimum absolute atomic E-state index is 0.294. The summed E-state index contributed by atoms with van der Waals surface area (Å²) in [6.07, 6.45) is 1.60. The van der Waals surface area contributed by atoms with E-state index in [-0.39, 0.29) is 0 Å². The molecule has 0 radical (unpaired) electrons. The van der Waals surface area contributed by atoms with E-state index in [1.54, 1.807) is 4.31 Å². The summed E-state index contributed by atoms with van der Waals surface area (Å²) in [5.74, 6) is 0.294. The maximum Gasteiger partial charge on any atom is 0.281 e. The summed E-state index contributed by atoms with van der Waals surface area (Å²) >= 11 is 0. The number of hydrogen-bond acceptors (Lipinski definition) is 4. The van der Waals surface area contributed by atoms with E-state index in [9.17, 15) is 8.42 Å². The van der Waals surface area contributed by atoms with Crippen molar-refractivity contribution in [3.05, 3.63) is 23.5 Å². The van der Waals surface area contributed by atoms with Gasteiger partial charge in [-0.25, -0.2) is 4.98 Å². The van der Waals surface area contributed by atoms with Crippen LogP contribution in [0.4, 0.5) is 0 Å². The van der Waals surface area contributed by atoms with Gasteiger partial charge in [0.05, 0.1) is 5.69 Å². The molecule has 2 aromatic rings. The summed E-state index contributed by atoms with van der Waals surface area (Å²) in [5.41, 5.74) is 2.92. The maximum atomic E-state index is 12.6. The number of fused-ring (bicyclic) bond motifs is 1. The Kier molecular flexibility index (Phi) is 5.13. The lowest BCUT2D eigenvalue weighted by Crippen LogP contribution is -2.46. The summed E-state index contributed by atoms with van der Waals surface area (Å²) in [6.45, 7) is 7.86. The number of pyridine rings is 1. The quantitative estimate of drug-likeness (QED) is 0.813. The molecule has 0 atom stereocenters. The summed E-state index contributed by atoms with van der Waals surface area (Å²) < 4.78 is 30.2. The predicted octanol–water partition coefficient (Wildman–Crippen LogP) is 2.04. The van der Waals surface area contributed by atoms with Gasteiger partial charge in [0.15, 0.2) is 5.65 Å². The Bertz CT molecular complexity index is 849. The largest absolute Gasteiger partial charge is 0.281 e. The van der Waals surface area contributed by atoms with Crippen LogP contribution in [0.25, 0.3) is 11.0 Å². The molecule has 0 bridgehead atoms. The van der Waals surface area contributed by atoms with E-state index < -0.39 is 10.2 Å². The number of rotatable bonds is 5. The molecular weight excluding hydrogens is 338 g/mol. The highest BCUT2D eigenvalue weighted by molar-refractivity contribution is 7.86. The maximum absolute atomic E-state index is 12.6. The van der Waals surface area contributed by atoms with Crippen molar-refractivity contribution in [3.63, 3.8) is 0 Å². The molecule has 0 aliphatic carbocycles. The van der Waals surface area contributed by atoms with Crippen LogP contribution in [0.15, 0.2) is 12.1 Å². The normalized spacial score (nSPS) is 17.6. The second-order valence-electron chi connectivity index (χ2n) is 6.58. The number of nitrogens with zero attached hydrogens (tertiary/aromatic N) is 5. The lowest BCUT2D eigenvalue weighted by Gasteiger charge is -2.34. The lowest BCUT2D eigenvalue weighted by molar-refractivity contribution is 0.289. The van der Waals surface area contributed by atoms with Crippen LogP contribution in [-0.4, -0.2) is 58.0 Å². The first-order valence-electron chi connectivity index (χ1n) is 8.94. The minimum atomic E-state index is -3.34. The van der Waals surface area contributed by atoms with Gasteiger partial charge in [-0.1, -0.05) is 13.8 Å². The van der Waals surface area contributed by atoms with E-state index in [4.69, 9.17) is 4.98 Å². The summed E-state index contributed by atoms with van der Waals surface area (Å²) in [7, 11) is -1.43. The molecule has 1 aliphatic rings. The van der Waals surface area contributed by atoms with Gasteiger partial charge in [-0.15, -0.1) is 0 Å². The van der Waals surface area contributed by atoms with Crippen LogP contribution in [0.3, 0.4) is 0 Å². The standard InChI is InChI=1S/C17H27N5O2S/c1-5-21(6-2)25(23,24)22-11-9-14(10-12-22)16-8-7-15-13(3)19-20(4)17(15)18-16/h7-8,14H,5-6,9-12H2,1-4H3. The van der Waals surface area contributed by atoms with E-state index >= 15 is 0 Å². The van der Waals surface area contributed by atoms with Crippen molar-refractivity contribution >= 4 is 21.2 Å². The van der Waals surface area contributed by atoms with Gasteiger partial charge in [0.1, 0.15) is 0 Å². The van der Waals surface area contributed by atoms with Gasteiger partial charge in [0.25, 0.3) is 10.2 Å². The zero-order valence-corrected chi connectivity index (χ0v) is 16.3. The lowest BCUT2D eigenvalue weighted by atomic mass is 9.94. The SMILES string of the molecule is CCN(CC)S(=O)(=O)N1CCC(c2ccc3c(C)nn(C)c3n2)CC1. The Morgan fingerprint density at radius 1 is 1.20 bits per heavy atom. The van der Waals surface area contributed by atoms with E-state index in [2.05, 4.69) is 17.2 Å². The molecule has 3 rings (SSSR count). The monoisotopic (exact) mass is 365 g/mol. The fraction of sp³-hybridized carbons (Fsp3) is 0.647. The summed E-state index contributed by atoms with van der Waals surface area (Å²) in [6, 6.07) is 4.15. The first-order valence-corrected chi connectivity index (χ1v) is 10.3. The first-order chi connectivity index (χ1) is 11.9. The molecular formula is C17H27N5O2S. The second-order valence-corrected chi connectivity index (χ2v) is 8.51. The van der Waals surface area contributed by atoms with Gasteiger partial charge in [0, 0.05) is 50.2 Å². The molecule has 3 heterocycles. The number of aryl methyl sites for hydroxylation is 2. The van der Waals surface area contributed by atoms with Crippen LogP contribution in [0, 0.1) is 6.92 Å². The number of aromatic nitrogens is 3. The van der Waals surface area contributed by atoms with Crippen LogP contribution < -0.4 is 0 Å². The molecule has 2 aromatic heterocycles. The Balaban J connectivity index is 1.75. The average Bonchev–Trinajstić information content (AvgIpc) is 2.89.